The number of ketones is 1. The van der Waals surface area contributed by atoms with E-state index in [1.54, 1.807) is 12.1 Å². The topological polar surface area (TPSA) is 66.4 Å². The van der Waals surface area contributed by atoms with Crippen molar-refractivity contribution in [1.82, 2.24) is 0 Å². The summed E-state index contributed by atoms with van der Waals surface area (Å²) in [6.45, 7) is 0. The molecule has 2 rings (SSSR count). The van der Waals surface area contributed by atoms with Crippen molar-refractivity contribution in [1.29, 1.82) is 0 Å². The molecule has 0 saturated heterocycles. The van der Waals surface area contributed by atoms with Crippen LogP contribution in [0.25, 0.3) is 0 Å². The second kappa shape index (κ2) is 6.34. The predicted molar refractivity (Wildman–Crippen MR) is 71.5 cm³/mol. The van der Waals surface area contributed by atoms with Crippen LogP contribution in [0.1, 0.15) is 15.9 Å². The number of hydrogen-bond donors (Lipinski definition) is 0. The summed E-state index contributed by atoms with van der Waals surface area (Å²) in [6, 6.07) is 13.9. The molecule has 114 valence electrons. The SMILES string of the molecule is O=C(Cc1ccccc1)c1ccc(OC(F)(F)C(=O)[O-])cc1. The Morgan fingerprint density at radius 2 is 1.59 bits per heavy atom. The molecule has 0 amide bonds. The molecule has 2 aromatic carbocycles. The van der Waals surface area contributed by atoms with Gasteiger partial charge in [-0.05, 0) is 29.8 Å². The first-order valence-electron chi connectivity index (χ1n) is 6.34. The third-order valence-corrected chi connectivity index (χ3v) is 2.87. The van der Waals surface area contributed by atoms with E-state index in [0.29, 0.717) is 5.56 Å². The van der Waals surface area contributed by atoms with Crippen LogP contribution in [-0.4, -0.2) is 17.9 Å². The average Bonchev–Trinajstić information content (AvgIpc) is 2.48. The van der Waals surface area contributed by atoms with Gasteiger partial charge in [0.1, 0.15) is 5.75 Å². The summed E-state index contributed by atoms with van der Waals surface area (Å²) >= 11 is 0. The van der Waals surface area contributed by atoms with E-state index in [-0.39, 0.29) is 18.0 Å². The standard InChI is InChI=1S/C16H12F2O4/c17-16(18,15(20)21)22-13-8-6-12(7-9-13)14(19)10-11-4-2-1-3-5-11/h1-9H,10H2,(H,20,21)/p-1. The Hall–Kier alpha value is -2.76. The molecular formula is C16H11F2O4-. The zero-order valence-corrected chi connectivity index (χ0v) is 11.3. The molecule has 2 aromatic rings. The van der Waals surface area contributed by atoms with Gasteiger partial charge in [0.25, 0.3) is 0 Å². The highest BCUT2D eigenvalue weighted by Gasteiger charge is 2.33. The normalized spacial score (nSPS) is 11.0. The molecule has 0 saturated carbocycles. The molecule has 0 aliphatic heterocycles. The Labute approximate surface area is 125 Å². The largest absolute Gasteiger partial charge is 0.541 e. The van der Waals surface area contributed by atoms with Crippen molar-refractivity contribution in [2.45, 2.75) is 12.5 Å². The Morgan fingerprint density at radius 1 is 1.00 bits per heavy atom. The number of carboxylic acids is 1. The van der Waals surface area contributed by atoms with Gasteiger partial charge in [0, 0.05) is 12.0 Å². The van der Waals surface area contributed by atoms with E-state index in [4.69, 9.17) is 0 Å². The Bertz CT molecular complexity index is 666. The average molecular weight is 305 g/mol. The lowest BCUT2D eigenvalue weighted by molar-refractivity contribution is -0.350. The van der Waals surface area contributed by atoms with Crippen LogP contribution in [0.5, 0.6) is 5.75 Å². The maximum Gasteiger partial charge on any atom is 0.441 e. The first kappa shape index (κ1) is 15.6. The minimum absolute atomic E-state index is 0.177. The molecule has 0 radical (unpaired) electrons. The highest BCUT2D eigenvalue weighted by molar-refractivity contribution is 5.97. The second-order valence-corrected chi connectivity index (χ2v) is 4.52. The fourth-order valence-corrected chi connectivity index (χ4v) is 1.78. The van der Waals surface area contributed by atoms with Crippen LogP contribution < -0.4 is 9.84 Å². The minimum atomic E-state index is -4.42. The van der Waals surface area contributed by atoms with Crippen molar-refractivity contribution >= 4 is 11.8 Å². The summed E-state index contributed by atoms with van der Waals surface area (Å²) in [7, 11) is 0. The monoisotopic (exact) mass is 305 g/mol. The van der Waals surface area contributed by atoms with Gasteiger partial charge < -0.3 is 14.6 Å². The Kier molecular flexibility index (Phi) is 4.50. The van der Waals surface area contributed by atoms with E-state index in [1.807, 2.05) is 18.2 Å². The maximum atomic E-state index is 12.8. The van der Waals surface area contributed by atoms with Crippen molar-refractivity contribution in [2.75, 3.05) is 0 Å². The van der Waals surface area contributed by atoms with Gasteiger partial charge in [0.2, 0.25) is 0 Å². The maximum absolute atomic E-state index is 12.8. The van der Waals surface area contributed by atoms with Crippen LogP contribution in [0.4, 0.5) is 8.78 Å². The van der Waals surface area contributed by atoms with Crippen LogP contribution in [0.15, 0.2) is 54.6 Å². The molecule has 0 aliphatic carbocycles. The van der Waals surface area contributed by atoms with Gasteiger partial charge in [0.05, 0.1) is 0 Å². The van der Waals surface area contributed by atoms with Crippen molar-refractivity contribution in [3.8, 4) is 5.75 Å². The summed E-state index contributed by atoms with van der Waals surface area (Å²) in [5, 5.41) is 10.2. The zero-order valence-electron chi connectivity index (χ0n) is 11.3. The summed E-state index contributed by atoms with van der Waals surface area (Å²) in [5.74, 6) is -3.19. The number of carbonyl (C=O) groups is 2. The highest BCUT2D eigenvalue weighted by atomic mass is 19.3. The molecule has 0 spiro atoms. The van der Waals surface area contributed by atoms with Gasteiger partial charge in [-0.15, -0.1) is 0 Å². The zero-order chi connectivity index (χ0) is 16.2. The van der Waals surface area contributed by atoms with Crippen LogP contribution >= 0.6 is 0 Å². The van der Waals surface area contributed by atoms with Crippen LogP contribution in [0, 0.1) is 0 Å². The number of benzene rings is 2. The van der Waals surface area contributed by atoms with E-state index in [2.05, 4.69) is 4.74 Å². The van der Waals surface area contributed by atoms with Crippen molar-refractivity contribution in [3.63, 3.8) is 0 Å². The van der Waals surface area contributed by atoms with Crippen LogP contribution in [0.2, 0.25) is 0 Å². The molecule has 0 atom stereocenters. The fraction of sp³-hybridized carbons (Fsp3) is 0.125. The molecule has 0 aromatic heterocycles. The summed E-state index contributed by atoms with van der Waals surface area (Å²) in [5.41, 5.74) is 1.14. The number of carbonyl (C=O) groups excluding carboxylic acids is 2. The van der Waals surface area contributed by atoms with E-state index in [0.717, 1.165) is 17.7 Å². The smallest absolute Gasteiger partial charge is 0.441 e. The lowest BCUT2D eigenvalue weighted by Crippen LogP contribution is -2.45. The lowest BCUT2D eigenvalue weighted by Gasteiger charge is -2.18. The number of hydrogen-bond acceptors (Lipinski definition) is 4. The number of rotatable bonds is 6. The molecule has 0 heterocycles. The van der Waals surface area contributed by atoms with Gasteiger partial charge >= 0.3 is 6.11 Å². The quantitative estimate of drug-likeness (QED) is 0.764. The summed E-state index contributed by atoms with van der Waals surface area (Å²) in [6.07, 6.45) is -4.24. The van der Waals surface area contributed by atoms with Gasteiger partial charge in [-0.1, -0.05) is 30.3 Å². The third-order valence-electron chi connectivity index (χ3n) is 2.87. The van der Waals surface area contributed by atoms with Gasteiger partial charge in [0.15, 0.2) is 11.8 Å². The van der Waals surface area contributed by atoms with E-state index >= 15 is 0 Å². The summed E-state index contributed by atoms with van der Waals surface area (Å²) < 4.78 is 29.7. The highest BCUT2D eigenvalue weighted by Crippen LogP contribution is 2.22. The van der Waals surface area contributed by atoms with Gasteiger partial charge in [-0.2, -0.15) is 8.78 Å². The first-order chi connectivity index (χ1) is 10.4. The first-order valence-corrected chi connectivity index (χ1v) is 6.34. The van der Waals surface area contributed by atoms with Crippen molar-refractivity contribution in [2.24, 2.45) is 0 Å². The predicted octanol–water partition coefficient (Wildman–Crippen LogP) is 1.83. The Morgan fingerprint density at radius 3 is 2.14 bits per heavy atom. The number of aliphatic carboxylic acids is 1. The molecule has 0 N–H and O–H groups in total. The number of halogens is 2. The minimum Gasteiger partial charge on any atom is -0.541 e. The van der Waals surface area contributed by atoms with Gasteiger partial charge in [-0.3, -0.25) is 4.79 Å². The lowest BCUT2D eigenvalue weighted by atomic mass is 10.0. The molecule has 22 heavy (non-hydrogen) atoms. The van der Waals surface area contributed by atoms with Crippen LogP contribution in [0.3, 0.4) is 0 Å². The molecule has 0 unspecified atom stereocenters. The van der Waals surface area contributed by atoms with Crippen molar-refractivity contribution < 1.29 is 28.2 Å². The van der Waals surface area contributed by atoms with E-state index in [9.17, 15) is 23.5 Å². The molecule has 0 bridgehead atoms. The van der Waals surface area contributed by atoms with E-state index < -0.39 is 12.1 Å². The van der Waals surface area contributed by atoms with Crippen LogP contribution in [-0.2, 0) is 11.2 Å². The number of Topliss-reactive ketones (excluding diaryl/α,β-unsaturated/α-hetero) is 1. The number of ether oxygens (including phenoxy) is 1. The summed E-state index contributed by atoms with van der Waals surface area (Å²) in [4.78, 5) is 22.2. The Balaban J connectivity index is 2.05. The second-order valence-electron chi connectivity index (χ2n) is 4.52. The van der Waals surface area contributed by atoms with Gasteiger partial charge in [-0.25, -0.2) is 0 Å². The fourth-order valence-electron chi connectivity index (χ4n) is 1.78. The molecular weight excluding hydrogens is 294 g/mol. The van der Waals surface area contributed by atoms with Crippen molar-refractivity contribution in [3.05, 3.63) is 65.7 Å². The number of alkyl halides is 2. The molecule has 4 nitrogen and oxygen atoms in total. The molecule has 0 fully saturated rings. The number of carboxylic acid groups (broad SMARTS) is 1. The molecule has 0 aliphatic rings. The molecule has 6 heteroatoms. The third kappa shape index (κ3) is 3.88. The van der Waals surface area contributed by atoms with E-state index in [1.165, 1.54) is 12.1 Å².